The molecule has 0 spiro atoms. The van der Waals surface area contributed by atoms with Gasteiger partial charge in [-0.3, -0.25) is 9.59 Å². The van der Waals surface area contributed by atoms with Crippen molar-refractivity contribution in [2.75, 3.05) is 11.5 Å². The average molecular weight is 263 g/mol. The summed E-state index contributed by atoms with van der Waals surface area (Å²) in [5.74, 6) is -1.11. The van der Waals surface area contributed by atoms with Crippen LogP contribution >= 0.6 is 0 Å². The highest BCUT2D eigenvalue weighted by Gasteiger charge is 2.27. The zero-order valence-electron chi connectivity index (χ0n) is 9.39. The third kappa shape index (κ3) is 4.70. The van der Waals surface area contributed by atoms with Crippen LogP contribution in [0.1, 0.15) is 19.3 Å². The van der Waals surface area contributed by atoms with E-state index in [0.29, 0.717) is 12.8 Å². The van der Waals surface area contributed by atoms with Gasteiger partial charge in [-0.1, -0.05) is 0 Å². The second kappa shape index (κ2) is 5.46. The number of nitrogens with two attached hydrogens (primary N) is 2. The Morgan fingerprint density at radius 2 is 2.06 bits per heavy atom. The van der Waals surface area contributed by atoms with Crippen LogP contribution in [0.3, 0.4) is 0 Å². The van der Waals surface area contributed by atoms with Crippen molar-refractivity contribution in [1.29, 1.82) is 0 Å². The van der Waals surface area contributed by atoms with Gasteiger partial charge < -0.3 is 16.8 Å². The van der Waals surface area contributed by atoms with Gasteiger partial charge in [-0.15, -0.1) is 0 Å². The number of nitrogens with one attached hydrogen (secondary N) is 1. The number of carbonyl (C=O) groups excluding carboxylic acids is 2. The van der Waals surface area contributed by atoms with Gasteiger partial charge in [0.25, 0.3) is 0 Å². The van der Waals surface area contributed by atoms with E-state index in [1.165, 1.54) is 0 Å². The lowest BCUT2D eigenvalue weighted by Crippen LogP contribution is -2.50. The fourth-order valence-electron chi connectivity index (χ4n) is 1.75. The summed E-state index contributed by atoms with van der Waals surface area (Å²) < 4.78 is 22.7. The lowest BCUT2D eigenvalue weighted by Gasteiger charge is -2.24. The van der Waals surface area contributed by atoms with E-state index in [1.54, 1.807) is 0 Å². The first kappa shape index (κ1) is 13.9. The second-order valence-corrected chi connectivity index (χ2v) is 6.47. The maximum Gasteiger partial charge on any atom is 0.237 e. The molecule has 5 N–H and O–H groups in total. The number of carbonyl (C=O) groups is 2. The minimum atomic E-state index is -3.07. The van der Waals surface area contributed by atoms with Crippen LogP contribution in [-0.2, 0) is 19.4 Å². The first-order valence-corrected chi connectivity index (χ1v) is 7.17. The molecule has 0 saturated carbocycles. The molecule has 98 valence electrons. The van der Waals surface area contributed by atoms with E-state index in [0.717, 1.165) is 0 Å². The molecule has 1 rings (SSSR count). The first-order valence-electron chi connectivity index (χ1n) is 5.35. The van der Waals surface area contributed by atoms with Crippen LogP contribution < -0.4 is 16.8 Å². The van der Waals surface area contributed by atoms with Gasteiger partial charge in [-0.25, -0.2) is 8.42 Å². The van der Waals surface area contributed by atoms with E-state index in [2.05, 4.69) is 5.32 Å². The lowest BCUT2D eigenvalue weighted by atomic mass is 10.1. The van der Waals surface area contributed by atoms with Gasteiger partial charge in [-0.05, 0) is 12.8 Å². The zero-order valence-corrected chi connectivity index (χ0v) is 10.2. The Kier molecular flexibility index (Phi) is 4.47. The van der Waals surface area contributed by atoms with Crippen molar-refractivity contribution in [2.24, 2.45) is 11.5 Å². The Labute approximate surface area is 99.8 Å². The standard InChI is InChI=1S/C9H17N3O4S/c10-7(4-8(11)13)9(14)12-6-2-1-3-17(15,16)5-6/h6-7H,1-5,10H2,(H2,11,13)(H,12,14). The molecule has 1 aliphatic rings. The number of hydrogen-bond acceptors (Lipinski definition) is 5. The van der Waals surface area contributed by atoms with E-state index in [1.807, 2.05) is 0 Å². The maximum atomic E-state index is 11.5. The summed E-state index contributed by atoms with van der Waals surface area (Å²) in [6.07, 6.45) is 0.887. The Bertz CT molecular complexity index is 406. The summed E-state index contributed by atoms with van der Waals surface area (Å²) in [7, 11) is -3.07. The third-order valence-corrected chi connectivity index (χ3v) is 4.39. The lowest BCUT2D eigenvalue weighted by molar-refractivity contribution is -0.126. The van der Waals surface area contributed by atoms with Crippen LogP contribution in [0.25, 0.3) is 0 Å². The average Bonchev–Trinajstić information content (AvgIpc) is 2.14. The maximum absolute atomic E-state index is 11.5. The Morgan fingerprint density at radius 1 is 1.41 bits per heavy atom. The quantitative estimate of drug-likeness (QED) is 0.533. The summed E-state index contributed by atoms with van der Waals surface area (Å²) >= 11 is 0. The second-order valence-electron chi connectivity index (χ2n) is 4.24. The SMILES string of the molecule is NC(=O)CC(N)C(=O)NC1CCCS(=O)(=O)C1. The van der Waals surface area contributed by atoms with Gasteiger partial charge in [0, 0.05) is 6.04 Å². The van der Waals surface area contributed by atoms with Gasteiger partial charge in [0.1, 0.15) is 0 Å². The fourth-order valence-corrected chi connectivity index (χ4v) is 3.39. The van der Waals surface area contributed by atoms with Crippen molar-refractivity contribution >= 4 is 21.7 Å². The highest BCUT2D eigenvalue weighted by atomic mass is 32.2. The minimum Gasteiger partial charge on any atom is -0.370 e. The van der Waals surface area contributed by atoms with Crippen LogP contribution in [0.15, 0.2) is 0 Å². The van der Waals surface area contributed by atoms with Crippen molar-refractivity contribution in [1.82, 2.24) is 5.32 Å². The molecular formula is C9H17N3O4S. The van der Waals surface area contributed by atoms with E-state index >= 15 is 0 Å². The molecule has 0 bridgehead atoms. The normalized spacial score (nSPS) is 24.9. The van der Waals surface area contributed by atoms with Gasteiger partial charge in [0.2, 0.25) is 11.8 Å². The van der Waals surface area contributed by atoms with Gasteiger partial charge in [0.15, 0.2) is 9.84 Å². The van der Waals surface area contributed by atoms with Crippen LogP contribution in [0, 0.1) is 0 Å². The zero-order chi connectivity index (χ0) is 13.1. The third-order valence-electron chi connectivity index (χ3n) is 2.57. The summed E-state index contributed by atoms with van der Waals surface area (Å²) in [5, 5.41) is 2.53. The van der Waals surface area contributed by atoms with Crippen molar-refractivity contribution < 1.29 is 18.0 Å². The summed E-state index contributed by atoms with van der Waals surface area (Å²) in [5.41, 5.74) is 10.4. The summed E-state index contributed by atoms with van der Waals surface area (Å²) in [4.78, 5) is 22.1. The van der Waals surface area contributed by atoms with Crippen LogP contribution in [0.2, 0.25) is 0 Å². The number of rotatable bonds is 4. The van der Waals surface area contributed by atoms with Crippen LogP contribution in [0.4, 0.5) is 0 Å². The molecule has 17 heavy (non-hydrogen) atoms. The van der Waals surface area contributed by atoms with Crippen molar-refractivity contribution in [2.45, 2.75) is 31.3 Å². The smallest absolute Gasteiger partial charge is 0.237 e. The Balaban J connectivity index is 2.48. The van der Waals surface area contributed by atoms with E-state index in [4.69, 9.17) is 11.5 Å². The highest BCUT2D eigenvalue weighted by Crippen LogP contribution is 2.12. The molecule has 2 unspecified atom stereocenters. The number of hydrogen-bond donors (Lipinski definition) is 3. The van der Waals surface area contributed by atoms with E-state index < -0.39 is 33.7 Å². The molecule has 1 heterocycles. The van der Waals surface area contributed by atoms with Gasteiger partial charge >= 0.3 is 0 Å². The van der Waals surface area contributed by atoms with Crippen molar-refractivity contribution in [3.8, 4) is 0 Å². The molecular weight excluding hydrogens is 246 g/mol. The molecule has 2 amide bonds. The Hall–Kier alpha value is -1.15. The number of primary amides is 1. The predicted octanol–water partition coefficient (Wildman–Crippen LogP) is -2.12. The van der Waals surface area contributed by atoms with Gasteiger partial charge in [0.05, 0.1) is 24.0 Å². The van der Waals surface area contributed by atoms with Crippen molar-refractivity contribution in [3.05, 3.63) is 0 Å². The number of amides is 2. The molecule has 1 aliphatic heterocycles. The molecule has 0 radical (unpaired) electrons. The molecule has 1 saturated heterocycles. The largest absolute Gasteiger partial charge is 0.370 e. The number of sulfone groups is 1. The first-order chi connectivity index (χ1) is 7.80. The monoisotopic (exact) mass is 263 g/mol. The molecule has 0 aliphatic carbocycles. The molecule has 0 aromatic rings. The Morgan fingerprint density at radius 3 is 2.59 bits per heavy atom. The molecule has 0 aromatic carbocycles. The molecule has 1 fully saturated rings. The van der Waals surface area contributed by atoms with Gasteiger partial charge in [-0.2, -0.15) is 0 Å². The summed E-state index contributed by atoms with van der Waals surface area (Å²) in [6, 6.07) is -1.43. The van der Waals surface area contributed by atoms with Crippen LogP contribution in [-0.4, -0.2) is 43.8 Å². The van der Waals surface area contributed by atoms with Crippen molar-refractivity contribution in [3.63, 3.8) is 0 Å². The molecule has 7 nitrogen and oxygen atoms in total. The predicted molar refractivity (Wildman–Crippen MR) is 61.6 cm³/mol. The highest BCUT2D eigenvalue weighted by molar-refractivity contribution is 7.91. The van der Waals surface area contributed by atoms with Crippen LogP contribution in [0.5, 0.6) is 0 Å². The topological polar surface area (TPSA) is 132 Å². The molecule has 8 heteroatoms. The molecule has 2 atom stereocenters. The van der Waals surface area contributed by atoms with E-state index in [9.17, 15) is 18.0 Å². The minimum absolute atomic E-state index is 0.0674. The fraction of sp³-hybridized carbons (Fsp3) is 0.778. The van der Waals surface area contributed by atoms with E-state index in [-0.39, 0.29) is 17.9 Å². The summed E-state index contributed by atoms with van der Waals surface area (Å²) in [6.45, 7) is 0. The molecule has 0 aromatic heterocycles.